The summed E-state index contributed by atoms with van der Waals surface area (Å²) in [5.74, 6) is 4.75. The Kier molecular flexibility index (Phi) is 2.45. The minimum absolute atomic E-state index is 0.318. The quantitative estimate of drug-likeness (QED) is 0.459. The van der Waals surface area contributed by atoms with Crippen molar-refractivity contribution in [2.75, 3.05) is 0 Å². The third-order valence-corrected chi connectivity index (χ3v) is 2.78. The molecule has 0 aliphatic rings. The fourth-order valence-corrected chi connectivity index (χ4v) is 2.21. The number of hydrazine groups is 1. The van der Waals surface area contributed by atoms with Gasteiger partial charge in [0.1, 0.15) is 0 Å². The molecule has 1 amide bonds. The van der Waals surface area contributed by atoms with Gasteiger partial charge in [-0.05, 0) is 28.1 Å². The number of hydrogen-bond acceptors (Lipinski definition) is 3. The van der Waals surface area contributed by atoms with Crippen LogP contribution in [0.1, 0.15) is 10.4 Å². The number of aryl methyl sites for hydroxylation is 1. The van der Waals surface area contributed by atoms with Crippen molar-refractivity contribution in [3.8, 4) is 0 Å². The minimum atomic E-state index is -0.318. The number of nitrogens with zero attached hydrogens (tertiary/aromatic N) is 2. The molecule has 2 rings (SSSR count). The van der Waals surface area contributed by atoms with Crippen molar-refractivity contribution in [1.82, 2.24) is 15.2 Å². The smallest absolute Gasteiger partial charge is 0.265 e. The van der Waals surface area contributed by atoms with Crippen molar-refractivity contribution in [3.05, 3.63) is 28.4 Å². The zero-order chi connectivity index (χ0) is 11.0. The Morgan fingerprint density at radius 3 is 3.00 bits per heavy atom. The van der Waals surface area contributed by atoms with Crippen LogP contribution in [-0.2, 0) is 7.05 Å². The SMILES string of the molecule is Cn1ncc2cc(C(=O)NN)cc(Br)c21. The Bertz CT molecular complexity index is 534. The molecule has 0 bridgehead atoms. The maximum atomic E-state index is 11.3. The maximum Gasteiger partial charge on any atom is 0.265 e. The number of nitrogens with two attached hydrogens (primary N) is 1. The highest BCUT2D eigenvalue weighted by Gasteiger charge is 2.10. The lowest BCUT2D eigenvalue weighted by molar-refractivity contribution is 0.0953. The summed E-state index contributed by atoms with van der Waals surface area (Å²) in [6.07, 6.45) is 1.70. The summed E-state index contributed by atoms with van der Waals surface area (Å²) in [6.45, 7) is 0. The van der Waals surface area contributed by atoms with Crippen molar-refractivity contribution >= 4 is 32.7 Å². The molecule has 6 heteroatoms. The third kappa shape index (κ3) is 1.62. The Morgan fingerprint density at radius 2 is 2.33 bits per heavy atom. The van der Waals surface area contributed by atoms with E-state index in [0.29, 0.717) is 5.56 Å². The number of carbonyl (C=O) groups is 1. The fraction of sp³-hybridized carbons (Fsp3) is 0.111. The highest BCUT2D eigenvalue weighted by atomic mass is 79.9. The molecule has 0 spiro atoms. The Morgan fingerprint density at radius 1 is 1.60 bits per heavy atom. The van der Waals surface area contributed by atoms with E-state index in [1.807, 2.05) is 7.05 Å². The van der Waals surface area contributed by atoms with Crippen molar-refractivity contribution in [1.29, 1.82) is 0 Å². The molecular formula is C9H9BrN4O. The number of aromatic nitrogens is 2. The standard InChI is InChI=1S/C9H9BrN4O/c1-14-8-6(4-12-14)2-5(3-7(8)10)9(15)13-11/h2-4H,11H2,1H3,(H,13,15). The molecule has 0 aliphatic heterocycles. The summed E-state index contributed by atoms with van der Waals surface area (Å²) in [5, 5.41) is 5.00. The predicted octanol–water partition coefficient (Wildman–Crippen LogP) is 0.939. The number of hydrogen-bond donors (Lipinski definition) is 2. The summed E-state index contributed by atoms with van der Waals surface area (Å²) in [7, 11) is 1.84. The van der Waals surface area contributed by atoms with E-state index < -0.39 is 0 Å². The Labute approximate surface area is 94.3 Å². The lowest BCUT2D eigenvalue weighted by Crippen LogP contribution is -2.29. The van der Waals surface area contributed by atoms with Crippen LogP contribution >= 0.6 is 15.9 Å². The molecule has 1 heterocycles. The third-order valence-electron chi connectivity index (χ3n) is 2.18. The van der Waals surface area contributed by atoms with Gasteiger partial charge in [-0.2, -0.15) is 5.10 Å². The average Bonchev–Trinajstić information content (AvgIpc) is 2.59. The van der Waals surface area contributed by atoms with Gasteiger partial charge in [-0.1, -0.05) is 0 Å². The zero-order valence-electron chi connectivity index (χ0n) is 7.99. The van der Waals surface area contributed by atoms with Crippen molar-refractivity contribution in [3.63, 3.8) is 0 Å². The van der Waals surface area contributed by atoms with Crippen LogP contribution in [0.3, 0.4) is 0 Å². The van der Waals surface area contributed by atoms with Gasteiger partial charge in [0.05, 0.1) is 11.7 Å². The first-order valence-corrected chi connectivity index (χ1v) is 5.05. The minimum Gasteiger partial charge on any atom is -0.290 e. The average molecular weight is 269 g/mol. The number of benzene rings is 1. The molecule has 0 fully saturated rings. The van der Waals surface area contributed by atoms with Crippen molar-refractivity contribution in [2.45, 2.75) is 0 Å². The number of fused-ring (bicyclic) bond motifs is 1. The predicted molar refractivity (Wildman–Crippen MR) is 60.1 cm³/mol. The van der Waals surface area contributed by atoms with Gasteiger partial charge in [-0.15, -0.1) is 0 Å². The highest BCUT2D eigenvalue weighted by molar-refractivity contribution is 9.10. The number of nitrogens with one attached hydrogen (secondary N) is 1. The number of rotatable bonds is 1. The molecule has 2 aromatic rings. The van der Waals surface area contributed by atoms with E-state index in [2.05, 4.69) is 26.5 Å². The molecule has 5 nitrogen and oxygen atoms in total. The molecular weight excluding hydrogens is 260 g/mol. The molecule has 15 heavy (non-hydrogen) atoms. The Balaban J connectivity index is 2.68. The van der Waals surface area contributed by atoms with E-state index in [4.69, 9.17) is 5.84 Å². The van der Waals surface area contributed by atoms with Crippen LogP contribution in [0.15, 0.2) is 22.8 Å². The van der Waals surface area contributed by atoms with Gasteiger partial charge >= 0.3 is 0 Å². The monoisotopic (exact) mass is 268 g/mol. The van der Waals surface area contributed by atoms with Gasteiger partial charge < -0.3 is 0 Å². The summed E-state index contributed by atoms with van der Waals surface area (Å²) >= 11 is 3.39. The van der Waals surface area contributed by atoms with Gasteiger partial charge in [0, 0.05) is 22.5 Å². The van der Waals surface area contributed by atoms with E-state index in [0.717, 1.165) is 15.4 Å². The van der Waals surface area contributed by atoms with E-state index in [1.165, 1.54) is 0 Å². The topological polar surface area (TPSA) is 72.9 Å². The van der Waals surface area contributed by atoms with Crippen LogP contribution in [0, 0.1) is 0 Å². The van der Waals surface area contributed by atoms with Crippen molar-refractivity contribution < 1.29 is 4.79 Å². The molecule has 1 aromatic heterocycles. The molecule has 78 valence electrons. The van der Waals surface area contributed by atoms with E-state index in [9.17, 15) is 4.79 Å². The molecule has 0 saturated carbocycles. The van der Waals surface area contributed by atoms with Crippen LogP contribution in [0.5, 0.6) is 0 Å². The first-order valence-electron chi connectivity index (χ1n) is 4.25. The van der Waals surface area contributed by atoms with Crippen LogP contribution in [-0.4, -0.2) is 15.7 Å². The zero-order valence-corrected chi connectivity index (χ0v) is 9.58. The van der Waals surface area contributed by atoms with E-state index >= 15 is 0 Å². The van der Waals surface area contributed by atoms with Crippen molar-refractivity contribution in [2.24, 2.45) is 12.9 Å². The second kappa shape index (κ2) is 3.63. The van der Waals surface area contributed by atoms with Crippen LogP contribution in [0.2, 0.25) is 0 Å². The maximum absolute atomic E-state index is 11.3. The molecule has 0 radical (unpaired) electrons. The van der Waals surface area contributed by atoms with Gasteiger partial charge in [-0.3, -0.25) is 14.9 Å². The summed E-state index contributed by atoms with van der Waals surface area (Å²) in [5.41, 5.74) is 3.55. The number of amides is 1. The molecule has 0 saturated heterocycles. The fourth-order valence-electron chi connectivity index (χ4n) is 1.48. The van der Waals surface area contributed by atoms with Crippen LogP contribution in [0.25, 0.3) is 10.9 Å². The van der Waals surface area contributed by atoms with Gasteiger partial charge in [0.2, 0.25) is 0 Å². The molecule has 1 aromatic carbocycles. The molecule has 0 atom stereocenters. The Hall–Kier alpha value is -1.40. The highest BCUT2D eigenvalue weighted by Crippen LogP contribution is 2.25. The largest absolute Gasteiger partial charge is 0.290 e. The summed E-state index contributed by atoms with van der Waals surface area (Å²) in [4.78, 5) is 11.3. The first kappa shape index (κ1) is 10.1. The van der Waals surface area contributed by atoms with Gasteiger partial charge in [-0.25, -0.2) is 5.84 Å². The van der Waals surface area contributed by atoms with E-state index in [-0.39, 0.29) is 5.91 Å². The van der Waals surface area contributed by atoms with Gasteiger partial charge in [0.25, 0.3) is 5.91 Å². The molecule has 0 unspecified atom stereocenters. The lowest BCUT2D eigenvalue weighted by Gasteiger charge is -2.02. The first-order chi connectivity index (χ1) is 7.13. The summed E-state index contributed by atoms with van der Waals surface area (Å²) < 4.78 is 2.56. The number of carbonyl (C=O) groups excluding carboxylic acids is 1. The lowest BCUT2D eigenvalue weighted by atomic mass is 10.1. The second-order valence-corrected chi connectivity index (χ2v) is 3.99. The molecule has 0 aliphatic carbocycles. The number of nitrogen functional groups attached to an aromatic ring is 1. The summed E-state index contributed by atoms with van der Waals surface area (Å²) in [6, 6.07) is 3.46. The molecule has 3 N–H and O–H groups in total. The second-order valence-electron chi connectivity index (χ2n) is 3.14. The van der Waals surface area contributed by atoms with Crippen LogP contribution in [0.4, 0.5) is 0 Å². The number of halogens is 1. The normalized spacial score (nSPS) is 10.6. The van der Waals surface area contributed by atoms with Crippen LogP contribution < -0.4 is 11.3 Å². The van der Waals surface area contributed by atoms with Gasteiger partial charge in [0.15, 0.2) is 0 Å². The van der Waals surface area contributed by atoms with E-state index in [1.54, 1.807) is 23.0 Å².